The molecule has 3 aromatic carbocycles. The second-order valence-corrected chi connectivity index (χ2v) is 9.78. The van der Waals surface area contributed by atoms with Crippen LogP contribution in [-0.4, -0.2) is 40.6 Å². The SMILES string of the molecule is CCOC(=O)c1ccc(NC(=O)CN(c2ccc(OC)c(Cl)c2)S(=O)(=O)c2ccccc2)cc1Cl. The van der Waals surface area contributed by atoms with E-state index >= 15 is 0 Å². The lowest BCUT2D eigenvalue weighted by Gasteiger charge is -2.24. The molecule has 0 aliphatic carbocycles. The van der Waals surface area contributed by atoms with Crippen molar-refractivity contribution in [2.45, 2.75) is 11.8 Å². The van der Waals surface area contributed by atoms with Crippen LogP contribution in [-0.2, 0) is 19.6 Å². The summed E-state index contributed by atoms with van der Waals surface area (Å²) in [4.78, 5) is 24.8. The van der Waals surface area contributed by atoms with E-state index in [1.807, 2.05) is 0 Å². The Morgan fingerprint density at radius 2 is 1.69 bits per heavy atom. The Morgan fingerprint density at radius 3 is 2.29 bits per heavy atom. The van der Waals surface area contributed by atoms with Crippen molar-refractivity contribution in [2.75, 3.05) is 29.9 Å². The number of nitrogens with one attached hydrogen (secondary N) is 1. The van der Waals surface area contributed by atoms with E-state index in [0.29, 0.717) is 5.75 Å². The summed E-state index contributed by atoms with van der Waals surface area (Å²) in [6.45, 7) is 1.30. The fourth-order valence-corrected chi connectivity index (χ4v) is 5.09. The zero-order valence-electron chi connectivity index (χ0n) is 18.8. The third kappa shape index (κ3) is 6.25. The molecule has 0 spiro atoms. The van der Waals surface area contributed by atoms with Gasteiger partial charge in [0.05, 0.1) is 39.9 Å². The summed E-state index contributed by atoms with van der Waals surface area (Å²) in [6, 6.07) is 16.4. The first-order chi connectivity index (χ1) is 16.7. The van der Waals surface area contributed by atoms with Crippen molar-refractivity contribution in [2.24, 2.45) is 0 Å². The van der Waals surface area contributed by atoms with Crippen molar-refractivity contribution in [1.82, 2.24) is 0 Å². The fourth-order valence-electron chi connectivity index (χ4n) is 3.14. The number of methoxy groups -OCH3 is 1. The van der Waals surface area contributed by atoms with Gasteiger partial charge in [-0.2, -0.15) is 0 Å². The number of carbonyl (C=O) groups excluding carboxylic acids is 2. The summed E-state index contributed by atoms with van der Waals surface area (Å²) >= 11 is 12.4. The molecule has 0 bridgehead atoms. The van der Waals surface area contributed by atoms with E-state index in [-0.39, 0.29) is 38.5 Å². The molecule has 3 rings (SSSR count). The summed E-state index contributed by atoms with van der Waals surface area (Å²) in [7, 11) is -2.69. The quantitative estimate of drug-likeness (QED) is 0.385. The zero-order valence-corrected chi connectivity index (χ0v) is 21.2. The van der Waals surface area contributed by atoms with E-state index in [1.165, 1.54) is 55.6 Å². The lowest BCUT2D eigenvalue weighted by Crippen LogP contribution is -2.38. The molecule has 0 radical (unpaired) electrons. The molecule has 0 aliphatic rings. The minimum atomic E-state index is -4.12. The molecule has 0 aliphatic heterocycles. The predicted molar refractivity (Wildman–Crippen MR) is 135 cm³/mol. The van der Waals surface area contributed by atoms with Gasteiger partial charge >= 0.3 is 5.97 Å². The second-order valence-electron chi connectivity index (χ2n) is 7.11. The van der Waals surface area contributed by atoms with Crippen molar-refractivity contribution < 1.29 is 27.5 Å². The zero-order chi connectivity index (χ0) is 25.6. The fraction of sp³-hybridized carbons (Fsp3) is 0.167. The van der Waals surface area contributed by atoms with Gasteiger partial charge in [0, 0.05) is 5.69 Å². The van der Waals surface area contributed by atoms with Gasteiger partial charge in [0.2, 0.25) is 5.91 Å². The summed E-state index contributed by atoms with van der Waals surface area (Å²) < 4.78 is 37.9. The van der Waals surface area contributed by atoms with Crippen molar-refractivity contribution in [3.05, 3.63) is 82.3 Å². The molecular formula is C24H22Cl2N2O6S. The van der Waals surface area contributed by atoms with Crippen LogP contribution in [0.5, 0.6) is 5.75 Å². The van der Waals surface area contributed by atoms with Crippen molar-refractivity contribution in [3.63, 3.8) is 0 Å². The third-order valence-electron chi connectivity index (χ3n) is 4.79. The van der Waals surface area contributed by atoms with Crippen LogP contribution in [0.25, 0.3) is 0 Å². The van der Waals surface area contributed by atoms with E-state index < -0.39 is 28.4 Å². The van der Waals surface area contributed by atoms with E-state index in [1.54, 1.807) is 25.1 Å². The molecule has 0 atom stereocenters. The van der Waals surface area contributed by atoms with Crippen LogP contribution in [0.4, 0.5) is 11.4 Å². The van der Waals surface area contributed by atoms with Gasteiger partial charge < -0.3 is 14.8 Å². The Hall–Kier alpha value is -3.27. The minimum Gasteiger partial charge on any atom is -0.495 e. The first-order valence-corrected chi connectivity index (χ1v) is 12.5. The van der Waals surface area contributed by atoms with Crippen molar-refractivity contribution in [3.8, 4) is 5.75 Å². The van der Waals surface area contributed by atoms with Gasteiger partial charge in [-0.25, -0.2) is 13.2 Å². The van der Waals surface area contributed by atoms with E-state index in [9.17, 15) is 18.0 Å². The lowest BCUT2D eigenvalue weighted by molar-refractivity contribution is -0.114. The maximum absolute atomic E-state index is 13.4. The topological polar surface area (TPSA) is 102 Å². The predicted octanol–water partition coefficient (Wildman–Crippen LogP) is 5.01. The smallest absolute Gasteiger partial charge is 0.339 e. The first kappa shape index (κ1) is 26.3. The Balaban J connectivity index is 1.90. The largest absolute Gasteiger partial charge is 0.495 e. The molecule has 8 nitrogen and oxygen atoms in total. The standard InChI is InChI=1S/C24H22Cl2N2O6S/c1-3-34-24(30)19-11-9-16(13-20(19)25)27-23(29)15-28(17-10-12-22(33-2)21(26)14-17)35(31,32)18-7-5-4-6-8-18/h4-14H,3,15H2,1-2H3,(H,27,29). The number of sulfonamides is 1. The molecule has 0 unspecified atom stereocenters. The van der Waals surface area contributed by atoms with Crippen LogP contribution in [0.15, 0.2) is 71.6 Å². The molecule has 0 saturated heterocycles. The van der Waals surface area contributed by atoms with E-state index in [0.717, 1.165) is 4.31 Å². The third-order valence-corrected chi connectivity index (χ3v) is 7.19. The highest BCUT2D eigenvalue weighted by Crippen LogP contribution is 2.32. The van der Waals surface area contributed by atoms with Gasteiger partial charge in [-0.15, -0.1) is 0 Å². The normalized spacial score (nSPS) is 11.0. The van der Waals surface area contributed by atoms with Crippen molar-refractivity contribution >= 4 is 56.5 Å². The number of hydrogen-bond donors (Lipinski definition) is 1. The van der Waals surface area contributed by atoms with Crippen LogP contribution < -0.4 is 14.4 Å². The highest BCUT2D eigenvalue weighted by molar-refractivity contribution is 7.92. The molecule has 1 amide bonds. The van der Waals surface area contributed by atoms with E-state index in [2.05, 4.69) is 5.32 Å². The summed E-state index contributed by atoms with van der Waals surface area (Å²) in [5, 5.41) is 2.86. The first-order valence-electron chi connectivity index (χ1n) is 10.3. The van der Waals surface area contributed by atoms with Crippen LogP contribution in [0.1, 0.15) is 17.3 Å². The second kappa shape index (κ2) is 11.4. The maximum Gasteiger partial charge on any atom is 0.339 e. The van der Waals surface area contributed by atoms with Gasteiger partial charge in [0.15, 0.2) is 0 Å². The molecule has 184 valence electrons. The summed E-state index contributed by atoms with van der Waals surface area (Å²) in [6.07, 6.45) is 0. The van der Waals surface area contributed by atoms with Crippen LogP contribution in [0, 0.1) is 0 Å². The molecule has 0 saturated carbocycles. The molecule has 1 N–H and O–H groups in total. The minimum absolute atomic E-state index is 0.00146. The number of benzene rings is 3. The number of amides is 1. The highest BCUT2D eigenvalue weighted by atomic mass is 35.5. The molecule has 0 heterocycles. The molecule has 0 fully saturated rings. The number of esters is 1. The lowest BCUT2D eigenvalue weighted by atomic mass is 10.2. The molecule has 0 aromatic heterocycles. The monoisotopic (exact) mass is 536 g/mol. The summed E-state index contributed by atoms with van der Waals surface area (Å²) in [5.74, 6) is -0.878. The molecular weight excluding hydrogens is 515 g/mol. The Bertz CT molecular complexity index is 1330. The highest BCUT2D eigenvalue weighted by Gasteiger charge is 2.28. The van der Waals surface area contributed by atoms with Crippen LogP contribution >= 0.6 is 23.2 Å². The van der Waals surface area contributed by atoms with Gasteiger partial charge in [0.1, 0.15) is 12.3 Å². The molecule has 3 aromatic rings. The number of nitrogens with zero attached hydrogens (tertiary/aromatic N) is 1. The van der Waals surface area contributed by atoms with Gasteiger partial charge in [-0.05, 0) is 55.5 Å². The number of halogens is 2. The van der Waals surface area contributed by atoms with Gasteiger partial charge in [-0.1, -0.05) is 41.4 Å². The number of rotatable bonds is 9. The summed E-state index contributed by atoms with van der Waals surface area (Å²) in [5.41, 5.74) is 0.594. The number of hydrogen-bond acceptors (Lipinski definition) is 6. The van der Waals surface area contributed by atoms with Gasteiger partial charge in [-0.3, -0.25) is 9.10 Å². The number of anilines is 2. The Labute approximate surface area is 213 Å². The average molecular weight is 537 g/mol. The number of carbonyl (C=O) groups is 2. The van der Waals surface area contributed by atoms with Gasteiger partial charge in [0.25, 0.3) is 10.0 Å². The Morgan fingerprint density at radius 1 is 0.971 bits per heavy atom. The molecule has 11 heteroatoms. The van der Waals surface area contributed by atoms with Crippen molar-refractivity contribution in [1.29, 1.82) is 0 Å². The van der Waals surface area contributed by atoms with Crippen LogP contribution in [0.3, 0.4) is 0 Å². The average Bonchev–Trinajstić information content (AvgIpc) is 2.83. The Kier molecular flexibility index (Phi) is 8.61. The van der Waals surface area contributed by atoms with Crippen LogP contribution in [0.2, 0.25) is 10.0 Å². The number of ether oxygens (including phenoxy) is 2. The molecule has 35 heavy (non-hydrogen) atoms. The van der Waals surface area contributed by atoms with E-state index in [4.69, 9.17) is 32.7 Å². The maximum atomic E-state index is 13.4.